The number of fused-ring (bicyclic) bond motifs is 1. The highest BCUT2D eigenvalue weighted by molar-refractivity contribution is 5.69. The zero-order valence-corrected chi connectivity index (χ0v) is 10.6. The Labute approximate surface area is 107 Å². The van der Waals surface area contributed by atoms with Gasteiger partial charge in [-0.25, -0.2) is 0 Å². The van der Waals surface area contributed by atoms with E-state index >= 15 is 0 Å². The molecule has 0 saturated heterocycles. The van der Waals surface area contributed by atoms with Gasteiger partial charge >= 0.3 is 0 Å². The van der Waals surface area contributed by atoms with Gasteiger partial charge in [-0.15, -0.1) is 5.16 Å². The second-order valence-corrected chi connectivity index (χ2v) is 4.47. The quantitative estimate of drug-likeness (QED) is 0.497. The van der Waals surface area contributed by atoms with Crippen molar-refractivity contribution in [1.29, 1.82) is 0 Å². The Morgan fingerprint density at radius 3 is 2.78 bits per heavy atom. The number of ether oxygens (including phenoxy) is 2. The Bertz CT molecular complexity index is 413. The molecule has 1 atom stereocenters. The van der Waals surface area contributed by atoms with Crippen LogP contribution in [0.3, 0.4) is 0 Å². The smallest absolute Gasteiger partial charge is 0.126 e. The first-order valence-corrected chi connectivity index (χ1v) is 6.33. The van der Waals surface area contributed by atoms with Crippen LogP contribution in [-0.4, -0.2) is 25.1 Å². The Kier molecular flexibility index (Phi) is 4.45. The van der Waals surface area contributed by atoms with Crippen molar-refractivity contribution < 1.29 is 14.7 Å². The van der Waals surface area contributed by atoms with Gasteiger partial charge in [0.1, 0.15) is 11.5 Å². The van der Waals surface area contributed by atoms with Gasteiger partial charge in [0, 0.05) is 17.5 Å². The average Bonchev–Trinajstić information content (AvgIpc) is 3.27. The van der Waals surface area contributed by atoms with Gasteiger partial charge in [-0.05, 0) is 12.5 Å². The van der Waals surface area contributed by atoms with Gasteiger partial charge in [0.2, 0.25) is 0 Å². The predicted molar refractivity (Wildman–Crippen MR) is 70.0 cm³/mol. The van der Waals surface area contributed by atoms with Crippen LogP contribution in [0.1, 0.15) is 37.2 Å². The van der Waals surface area contributed by atoms with Gasteiger partial charge in [-0.3, -0.25) is 0 Å². The van der Waals surface area contributed by atoms with Gasteiger partial charge in [0.05, 0.1) is 19.9 Å². The van der Waals surface area contributed by atoms with E-state index in [0.29, 0.717) is 6.61 Å². The molecular weight excluding hydrogens is 230 g/mol. The van der Waals surface area contributed by atoms with Crippen LogP contribution in [-0.2, 0) is 0 Å². The zero-order chi connectivity index (χ0) is 12.8. The summed E-state index contributed by atoms with van der Waals surface area (Å²) in [5.74, 6) is 1.71. The molecule has 1 aliphatic carbocycles. The number of rotatable bonds is 2. The Balaban J connectivity index is 0.000000350. The molecule has 18 heavy (non-hydrogen) atoms. The largest absolute Gasteiger partial charge is 0.497 e. The highest BCUT2D eigenvalue weighted by atomic mass is 16.5. The van der Waals surface area contributed by atoms with Crippen molar-refractivity contribution in [2.45, 2.75) is 31.6 Å². The van der Waals surface area contributed by atoms with E-state index in [1.165, 1.54) is 25.5 Å². The summed E-state index contributed by atoms with van der Waals surface area (Å²) in [6, 6.07) is 5.68. The molecule has 1 saturated carbocycles. The summed E-state index contributed by atoms with van der Waals surface area (Å²) >= 11 is 0. The van der Waals surface area contributed by atoms with Crippen molar-refractivity contribution in [3.05, 3.63) is 23.8 Å². The molecule has 1 aliphatic heterocycles. The molecule has 1 unspecified atom stereocenters. The Morgan fingerprint density at radius 2 is 2.17 bits per heavy atom. The van der Waals surface area contributed by atoms with Crippen LogP contribution in [0.25, 0.3) is 0 Å². The molecule has 1 heterocycles. The van der Waals surface area contributed by atoms with Crippen molar-refractivity contribution in [3.63, 3.8) is 0 Å². The number of benzene rings is 1. The molecule has 1 aromatic rings. The fourth-order valence-corrected chi connectivity index (χ4v) is 1.76. The van der Waals surface area contributed by atoms with E-state index < -0.39 is 0 Å². The summed E-state index contributed by atoms with van der Waals surface area (Å²) < 4.78 is 10.6. The normalized spacial score (nSPS) is 20.4. The lowest BCUT2D eigenvalue weighted by Crippen LogP contribution is -2.15. The van der Waals surface area contributed by atoms with Crippen LogP contribution in [0.2, 0.25) is 0 Å². The SMILES string of the molecule is C1CC1.COc1ccc2c(c1)OCCC2C=NO. The van der Waals surface area contributed by atoms with Crippen LogP contribution in [0.15, 0.2) is 23.4 Å². The Morgan fingerprint density at radius 1 is 1.39 bits per heavy atom. The van der Waals surface area contributed by atoms with Crippen molar-refractivity contribution in [2.75, 3.05) is 13.7 Å². The van der Waals surface area contributed by atoms with E-state index in [1.54, 1.807) is 7.11 Å². The van der Waals surface area contributed by atoms with Crippen molar-refractivity contribution in [1.82, 2.24) is 0 Å². The molecular formula is C14H19NO3. The molecule has 3 rings (SSSR count). The molecule has 0 aromatic heterocycles. The van der Waals surface area contributed by atoms with Crippen LogP contribution >= 0.6 is 0 Å². The summed E-state index contributed by atoms with van der Waals surface area (Å²) in [6.07, 6.45) is 6.87. The van der Waals surface area contributed by atoms with Gasteiger partial charge in [-0.2, -0.15) is 0 Å². The first-order chi connectivity index (χ1) is 8.85. The molecule has 4 heteroatoms. The highest BCUT2D eigenvalue weighted by Crippen LogP contribution is 2.35. The third-order valence-corrected chi connectivity index (χ3v) is 2.91. The number of nitrogens with zero attached hydrogens (tertiary/aromatic N) is 1. The minimum absolute atomic E-state index is 0.129. The third-order valence-electron chi connectivity index (χ3n) is 2.91. The highest BCUT2D eigenvalue weighted by Gasteiger charge is 2.20. The minimum Gasteiger partial charge on any atom is -0.497 e. The molecule has 1 N–H and O–H groups in total. The monoisotopic (exact) mass is 249 g/mol. The maximum absolute atomic E-state index is 8.55. The van der Waals surface area contributed by atoms with E-state index in [1.807, 2.05) is 18.2 Å². The fraction of sp³-hybridized carbons (Fsp3) is 0.500. The molecule has 0 spiro atoms. The third kappa shape index (κ3) is 3.39. The predicted octanol–water partition coefficient (Wildman–Crippen LogP) is 3.19. The second kappa shape index (κ2) is 6.28. The van der Waals surface area contributed by atoms with Gasteiger partial charge in [0.15, 0.2) is 0 Å². The lowest BCUT2D eigenvalue weighted by atomic mass is 9.94. The van der Waals surface area contributed by atoms with Gasteiger partial charge in [-0.1, -0.05) is 25.3 Å². The molecule has 1 fully saturated rings. The van der Waals surface area contributed by atoms with E-state index in [4.69, 9.17) is 14.7 Å². The summed E-state index contributed by atoms with van der Waals surface area (Å²) in [6.45, 7) is 0.636. The summed E-state index contributed by atoms with van der Waals surface area (Å²) in [7, 11) is 1.62. The van der Waals surface area contributed by atoms with Gasteiger partial charge in [0.25, 0.3) is 0 Å². The molecule has 0 amide bonds. The standard InChI is InChI=1S/C11H13NO3.C3H6/c1-14-9-2-3-10-8(7-12-13)4-5-15-11(10)6-9;1-2-3-1/h2-3,6-8,13H,4-5H2,1H3;1-3H2. The molecule has 4 nitrogen and oxygen atoms in total. The van der Waals surface area contributed by atoms with Crippen molar-refractivity contribution in [2.24, 2.45) is 5.16 Å². The van der Waals surface area contributed by atoms with Crippen molar-refractivity contribution in [3.8, 4) is 11.5 Å². The molecule has 0 bridgehead atoms. The summed E-state index contributed by atoms with van der Waals surface area (Å²) in [5, 5.41) is 11.6. The van der Waals surface area contributed by atoms with E-state index in [0.717, 1.165) is 23.5 Å². The maximum atomic E-state index is 8.55. The molecule has 1 aromatic carbocycles. The number of oxime groups is 1. The van der Waals surface area contributed by atoms with Crippen LogP contribution < -0.4 is 9.47 Å². The van der Waals surface area contributed by atoms with Crippen molar-refractivity contribution >= 4 is 6.21 Å². The average molecular weight is 249 g/mol. The second-order valence-electron chi connectivity index (χ2n) is 4.47. The Hall–Kier alpha value is -1.71. The lowest BCUT2D eigenvalue weighted by molar-refractivity contribution is 0.277. The van der Waals surface area contributed by atoms with E-state index in [9.17, 15) is 0 Å². The number of hydrogen-bond donors (Lipinski definition) is 1. The summed E-state index contributed by atoms with van der Waals surface area (Å²) in [4.78, 5) is 0. The van der Waals surface area contributed by atoms with Crippen LogP contribution in [0, 0.1) is 0 Å². The van der Waals surface area contributed by atoms with E-state index in [2.05, 4.69) is 5.16 Å². The number of methoxy groups -OCH3 is 1. The fourth-order valence-electron chi connectivity index (χ4n) is 1.76. The van der Waals surface area contributed by atoms with Crippen LogP contribution in [0.5, 0.6) is 11.5 Å². The number of hydrogen-bond acceptors (Lipinski definition) is 4. The lowest BCUT2D eigenvalue weighted by Gasteiger charge is -2.23. The summed E-state index contributed by atoms with van der Waals surface area (Å²) in [5.41, 5.74) is 1.04. The minimum atomic E-state index is 0.129. The first-order valence-electron chi connectivity index (χ1n) is 6.33. The first kappa shape index (κ1) is 12.7. The molecule has 2 aliphatic rings. The molecule has 98 valence electrons. The van der Waals surface area contributed by atoms with E-state index in [-0.39, 0.29) is 5.92 Å². The zero-order valence-electron chi connectivity index (χ0n) is 10.6. The maximum Gasteiger partial charge on any atom is 0.126 e. The topological polar surface area (TPSA) is 51.0 Å². The van der Waals surface area contributed by atoms with Gasteiger partial charge < -0.3 is 14.7 Å². The molecule has 0 radical (unpaired) electrons. The van der Waals surface area contributed by atoms with Crippen LogP contribution in [0.4, 0.5) is 0 Å².